The average Bonchev–Trinajstić information content (AvgIpc) is 3.21. The number of aromatic nitrogens is 1. The van der Waals surface area contributed by atoms with E-state index in [1.807, 2.05) is 24.3 Å². The second-order valence-electron chi connectivity index (χ2n) is 7.15. The zero-order valence-electron chi connectivity index (χ0n) is 17.4. The van der Waals surface area contributed by atoms with Crippen LogP contribution >= 0.6 is 11.3 Å². The first-order chi connectivity index (χ1) is 14.8. The Balaban J connectivity index is 1.72. The van der Waals surface area contributed by atoms with E-state index in [2.05, 4.69) is 71.5 Å². The van der Waals surface area contributed by atoms with Gasteiger partial charge in [-0.1, -0.05) is 61.5 Å². The first-order valence-electron chi connectivity index (χ1n) is 10.3. The predicted octanol–water partition coefficient (Wildman–Crippen LogP) is 6.26. The maximum atomic E-state index is 5.27. The fourth-order valence-electron chi connectivity index (χ4n) is 3.43. The van der Waals surface area contributed by atoms with Crippen LogP contribution in [0.4, 0.5) is 5.69 Å². The summed E-state index contributed by atoms with van der Waals surface area (Å²) < 4.78 is 7.60. The first-order valence-corrected chi connectivity index (χ1v) is 11.1. The first kappa shape index (κ1) is 20.2. The standard InChI is InChI=1S/C26H26N2OS/c1-3-20-9-11-22(12-10-20)25-19-30-26(27-23-13-15-24(29-2)16-14-23)28(25)18-17-21-7-5-4-6-8-21/h4-16,19H,3,17-18H2,1-2H3. The van der Waals surface area contributed by atoms with Crippen LogP contribution < -0.4 is 9.54 Å². The molecule has 3 aromatic carbocycles. The molecule has 0 radical (unpaired) electrons. The second kappa shape index (κ2) is 9.59. The van der Waals surface area contributed by atoms with Gasteiger partial charge in [-0.2, -0.15) is 0 Å². The molecule has 0 aliphatic carbocycles. The third-order valence-corrected chi connectivity index (χ3v) is 6.08. The summed E-state index contributed by atoms with van der Waals surface area (Å²) in [5.74, 6) is 0.841. The van der Waals surface area contributed by atoms with Crippen LogP contribution in [0.25, 0.3) is 11.3 Å². The average molecular weight is 415 g/mol. The molecule has 0 spiro atoms. The number of thiazole rings is 1. The summed E-state index contributed by atoms with van der Waals surface area (Å²) in [5.41, 5.74) is 6.06. The number of aryl methyl sites for hydroxylation is 2. The Labute approximate surface area is 182 Å². The van der Waals surface area contributed by atoms with Crippen LogP contribution in [0.3, 0.4) is 0 Å². The lowest BCUT2D eigenvalue weighted by Gasteiger charge is -2.10. The molecule has 1 aromatic heterocycles. The summed E-state index contributed by atoms with van der Waals surface area (Å²) in [4.78, 5) is 5.94. The van der Waals surface area contributed by atoms with E-state index < -0.39 is 0 Å². The van der Waals surface area contributed by atoms with Crippen molar-refractivity contribution in [3.8, 4) is 17.0 Å². The van der Waals surface area contributed by atoms with E-state index in [0.29, 0.717) is 0 Å². The van der Waals surface area contributed by atoms with Gasteiger partial charge in [0.05, 0.1) is 18.5 Å². The molecule has 0 N–H and O–H groups in total. The van der Waals surface area contributed by atoms with Crippen LogP contribution in [0.5, 0.6) is 5.75 Å². The van der Waals surface area contributed by atoms with E-state index in [-0.39, 0.29) is 0 Å². The van der Waals surface area contributed by atoms with E-state index in [1.165, 1.54) is 22.4 Å². The van der Waals surface area contributed by atoms with Crippen molar-refractivity contribution < 1.29 is 4.74 Å². The SMILES string of the molecule is CCc1ccc(-c2csc(=Nc3ccc(OC)cc3)n2CCc2ccccc2)cc1. The third-order valence-electron chi connectivity index (χ3n) is 5.22. The van der Waals surface area contributed by atoms with Gasteiger partial charge in [-0.25, -0.2) is 4.99 Å². The van der Waals surface area contributed by atoms with E-state index in [4.69, 9.17) is 9.73 Å². The van der Waals surface area contributed by atoms with Gasteiger partial charge in [0.2, 0.25) is 0 Å². The van der Waals surface area contributed by atoms with Crippen molar-refractivity contribution in [3.05, 3.63) is 100 Å². The quantitative estimate of drug-likeness (QED) is 0.350. The van der Waals surface area contributed by atoms with Gasteiger partial charge in [0, 0.05) is 11.9 Å². The molecule has 4 aromatic rings. The molecule has 0 fully saturated rings. The van der Waals surface area contributed by atoms with Crippen LogP contribution in [0.1, 0.15) is 18.1 Å². The lowest BCUT2D eigenvalue weighted by Crippen LogP contribution is -2.17. The molecule has 0 atom stereocenters. The monoisotopic (exact) mass is 414 g/mol. The van der Waals surface area contributed by atoms with Crippen LogP contribution in [-0.4, -0.2) is 11.7 Å². The molecule has 0 unspecified atom stereocenters. The Morgan fingerprint density at radius 2 is 1.60 bits per heavy atom. The van der Waals surface area contributed by atoms with Crippen molar-refractivity contribution in [1.82, 2.24) is 4.57 Å². The molecule has 4 rings (SSSR count). The van der Waals surface area contributed by atoms with E-state index >= 15 is 0 Å². The zero-order valence-corrected chi connectivity index (χ0v) is 18.2. The maximum absolute atomic E-state index is 5.27. The fourth-order valence-corrected chi connectivity index (χ4v) is 4.38. The van der Waals surface area contributed by atoms with Crippen molar-refractivity contribution >= 4 is 17.0 Å². The molecule has 1 heterocycles. The van der Waals surface area contributed by atoms with Gasteiger partial charge >= 0.3 is 0 Å². The molecule has 0 saturated heterocycles. The summed E-state index contributed by atoms with van der Waals surface area (Å²) in [6.45, 7) is 3.07. The number of nitrogens with zero attached hydrogens (tertiary/aromatic N) is 2. The minimum absolute atomic E-state index is 0.841. The Morgan fingerprint density at radius 3 is 2.27 bits per heavy atom. The van der Waals surface area contributed by atoms with Gasteiger partial charge in [0.25, 0.3) is 0 Å². The normalized spacial score (nSPS) is 11.6. The van der Waals surface area contributed by atoms with Crippen LogP contribution in [0.15, 0.2) is 89.2 Å². The summed E-state index contributed by atoms with van der Waals surface area (Å²) >= 11 is 1.69. The van der Waals surface area contributed by atoms with E-state index in [1.54, 1.807) is 18.4 Å². The number of rotatable bonds is 7. The van der Waals surface area contributed by atoms with Gasteiger partial charge in [0.15, 0.2) is 4.80 Å². The Morgan fingerprint density at radius 1 is 0.867 bits per heavy atom. The topological polar surface area (TPSA) is 26.5 Å². The highest BCUT2D eigenvalue weighted by molar-refractivity contribution is 7.07. The fraction of sp³-hybridized carbons (Fsp3) is 0.192. The maximum Gasteiger partial charge on any atom is 0.190 e. The summed E-state index contributed by atoms with van der Waals surface area (Å²) in [5, 5.41) is 2.22. The highest BCUT2D eigenvalue weighted by Crippen LogP contribution is 2.23. The van der Waals surface area contributed by atoms with Gasteiger partial charge < -0.3 is 9.30 Å². The van der Waals surface area contributed by atoms with Crippen molar-refractivity contribution in [2.45, 2.75) is 26.3 Å². The number of methoxy groups -OCH3 is 1. The molecular formula is C26H26N2OS. The van der Waals surface area contributed by atoms with Gasteiger partial charge in [0.1, 0.15) is 5.75 Å². The van der Waals surface area contributed by atoms with Gasteiger partial charge in [-0.15, -0.1) is 11.3 Å². The van der Waals surface area contributed by atoms with Crippen molar-refractivity contribution in [2.75, 3.05) is 7.11 Å². The predicted molar refractivity (Wildman–Crippen MR) is 125 cm³/mol. The molecule has 0 saturated carbocycles. The zero-order chi connectivity index (χ0) is 20.8. The molecule has 3 nitrogen and oxygen atoms in total. The van der Waals surface area contributed by atoms with Gasteiger partial charge in [-0.05, 0) is 53.8 Å². The number of ether oxygens (including phenoxy) is 1. The van der Waals surface area contributed by atoms with E-state index in [0.717, 1.165) is 35.6 Å². The highest BCUT2D eigenvalue weighted by Gasteiger charge is 2.09. The second-order valence-corrected chi connectivity index (χ2v) is 7.99. The summed E-state index contributed by atoms with van der Waals surface area (Å²) in [7, 11) is 1.68. The number of hydrogen-bond donors (Lipinski definition) is 0. The summed E-state index contributed by atoms with van der Waals surface area (Å²) in [6, 6.07) is 27.4. The largest absolute Gasteiger partial charge is 0.497 e. The third kappa shape index (κ3) is 4.71. The lowest BCUT2D eigenvalue weighted by atomic mass is 10.1. The minimum Gasteiger partial charge on any atom is -0.497 e. The molecule has 152 valence electrons. The van der Waals surface area contributed by atoms with Crippen LogP contribution in [-0.2, 0) is 19.4 Å². The molecule has 0 aliphatic rings. The summed E-state index contributed by atoms with van der Waals surface area (Å²) in [6.07, 6.45) is 2.02. The Kier molecular flexibility index (Phi) is 6.45. The smallest absolute Gasteiger partial charge is 0.190 e. The molecule has 0 bridgehead atoms. The van der Waals surface area contributed by atoms with Crippen molar-refractivity contribution in [1.29, 1.82) is 0 Å². The molecule has 30 heavy (non-hydrogen) atoms. The highest BCUT2D eigenvalue weighted by atomic mass is 32.1. The minimum atomic E-state index is 0.841. The van der Waals surface area contributed by atoms with E-state index in [9.17, 15) is 0 Å². The number of hydrogen-bond acceptors (Lipinski definition) is 3. The molecule has 0 amide bonds. The van der Waals surface area contributed by atoms with Crippen LogP contribution in [0.2, 0.25) is 0 Å². The molecule has 0 aliphatic heterocycles. The molecule has 4 heteroatoms. The van der Waals surface area contributed by atoms with Crippen molar-refractivity contribution in [3.63, 3.8) is 0 Å². The number of benzene rings is 3. The molecular weight excluding hydrogens is 388 g/mol. The van der Waals surface area contributed by atoms with Crippen molar-refractivity contribution in [2.24, 2.45) is 4.99 Å². The van der Waals surface area contributed by atoms with Crippen LogP contribution in [0, 0.1) is 0 Å². The Bertz CT molecular complexity index is 1140. The Hall–Kier alpha value is -3.11. The lowest BCUT2D eigenvalue weighted by molar-refractivity contribution is 0.415. The van der Waals surface area contributed by atoms with Gasteiger partial charge in [-0.3, -0.25) is 0 Å².